The fourth-order valence-corrected chi connectivity index (χ4v) is 3.38. The lowest BCUT2D eigenvalue weighted by Gasteiger charge is -2.28. The Hall–Kier alpha value is -2.76. The maximum atomic E-state index is 11.9. The molecule has 0 aliphatic carbocycles. The van der Waals surface area contributed by atoms with Crippen molar-refractivity contribution in [2.45, 2.75) is 6.54 Å². The molecule has 0 aliphatic rings. The van der Waals surface area contributed by atoms with E-state index in [-0.39, 0.29) is 11.6 Å². The molecule has 6 nitrogen and oxygen atoms in total. The van der Waals surface area contributed by atoms with Crippen molar-refractivity contribution in [1.82, 2.24) is 5.06 Å². The van der Waals surface area contributed by atoms with Crippen molar-refractivity contribution in [2.75, 3.05) is 6.16 Å². The van der Waals surface area contributed by atoms with Gasteiger partial charge in [0.1, 0.15) is 6.16 Å². The third kappa shape index (κ3) is 5.38. The molecule has 0 fully saturated rings. The lowest BCUT2D eigenvalue weighted by molar-refractivity contribution is -0.126. The van der Waals surface area contributed by atoms with Crippen LogP contribution in [0.5, 0.6) is 0 Å². The highest BCUT2D eigenvalue weighted by molar-refractivity contribution is 7.52. The van der Waals surface area contributed by atoms with Gasteiger partial charge in [0, 0.05) is 6.54 Å². The molecule has 28 heavy (non-hydrogen) atoms. The van der Waals surface area contributed by atoms with Crippen LogP contribution in [-0.2, 0) is 15.9 Å². The third-order valence-corrected chi connectivity index (χ3v) is 4.86. The minimum Gasteiger partial charge on any atom is -0.756 e. The molecular formula is C21H19NO5P-. The SMILES string of the molecule is O=C(CP(=O)(O)O)N([O-])Cc1cccc(-c2cccc(-c3ccccc3)c2)c1. The van der Waals surface area contributed by atoms with Crippen LogP contribution in [0.25, 0.3) is 22.3 Å². The van der Waals surface area contributed by atoms with Gasteiger partial charge in [-0.3, -0.25) is 9.36 Å². The first-order chi connectivity index (χ1) is 13.3. The van der Waals surface area contributed by atoms with E-state index < -0.39 is 19.7 Å². The van der Waals surface area contributed by atoms with E-state index in [1.807, 2.05) is 60.7 Å². The highest BCUT2D eigenvalue weighted by atomic mass is 31.2. The number of carbonyl (C=O) groups excluding carboxylic acids is 1. The Morgan fingerprint density at radius 3 is 2.00 bits per heavy atom. The van der Waals surface area contributed by atoms with Crippen molar-refractivity contribution < 1.29 is 19.1 Å². The Morgan fingerprint density at radius 1 is 0.821 bits per heavy atom. The summed E-state index contributed by atoms with van der Waals surface area (Å²) < 4.78 is 10.9. The topological polar surface area (TPSA) is 101 Å². The summed E-state index contributed by atoms with van der Waals surface area (Å²) >= 11 is 0. The highest BCUT2D eigenvalue weighted by Gasteiger charge is 2.20. The van der Waals surface area contributed by atoms with Gasteiger partial charge in [0.2, 0.25) is 5.91 Å². The molecular weight excluding hydrogens is 377 g/mol. The van der Waals surface area contributed by atoms with E-state index in [0.29, 0.717) is 5.56 Å². The molecule has 0 aliphatic heterocycles. The summed E-state index contributed by atoms with van der Waals surface area (Å²) in [4.78, 5) is 29.3. The zero-order valence-electron chi connectivity index (χ0n) is 14.9. The minimum absolute atomic E-state index is 0.0819. The Bertz CT molecular complexity index is 1020. The monoisotopic (exact) mass is 396 g/mol. The van der Waals surface area contributed by atoms with Gasteiger partial charge in [0.25, 0.3) is 0 Å². The van der Waals surface area contributed by atoms with Crippen LogP contribution < -0.4 is 0 Å². The van der Waals surface area contributed by atoms with Gasteiger partial charge in [-0.1, -0.05) is 66.7 Å². The van der Waals surface area contributed by atoms with Crippen LogP contribution in [0.15, 0.2) is 78.9 Å². The van der Waals surface area contributed by atoms with Gasteiger partial charge in [-0.05, 0) is 39.9 Å². The molecule has 0 aromatic heterocycles. The number of hydrogen-bond acceptors (Lipinski definition) is 3. The van der Waals surface area contributed by atoms with E-state index in [0.717, 1.165) is 22.3 Å². The molecule has 3 aromatic carbocycles. The van der Waals surface area contributed by atoms with E-state index in [4.69, 9.17) is 9.79 Å². The van der Waals surface area contributed by atoms with Crippen LogP contribution >= 0.6 is 7.60 Å². The van der Waals surface area contributed by atoms with Crippen molar-refractivity contribution in [1.29, 1.82) is 0 Å². The van der Waals surface area contributed by atoms with Gasteiger partial charge >= 0.3 is 7.60 Å². The van der Waals surface area contributed by atoms with E-state index in [1.165, 1.54) is 0 Å². The van der Waals surface area contributed by atoms with E-state index in [2.05, 4.69) is 0 Å². The Morgan fingerprint density at radius 2 is 1.36 bits per heavy atom. The fraction of sp³-hybridized carbons (Fsp3) is 0.0952. The van der Waals surface area contributed by atoms with E-state index in [1.54, 1.807) is 18.2 Å². The number of carbonyl (C=O) groups is 1. The first kappa shape index (κ1) is 20.0. The van der Waals surface area contributed by atoms with Crippen LogP contribution in [0.3, 0.4) is 0 Å². The van der Waals surface area contributed by atoms with Crippen molar-refractivity contribution >= 4 is 13.5 Å². The number of hydroxylamine groups is 2. The number of amides is 1. The highest BCUT2D eigenvalue weighted by Crippen LogP contribution is 2.34. The second kappa shape index (κ2) is 8.50. The van der Waals surface area contributed by atoms with E-state index in [9.17, 15) is 14.6 Å². The molecule has 7 heteroatoms. The average Bonchev–Trinajstić information content (AvgIpc) is 2.68. The quantitative estimate of drug-likeness (QED) is 0.484. The van der Waals surface area contributed by atoms with Crippen molar-refractivity contribution in [2.24, 2.45) is 0 Å². The second-order valence-corrected chi connectivity index (χ2v) is 8.05. The lowest BCUT2D eigenvalue weighted by Crippen LogP contribution is -2.27. The first-order valence-corrected chi connectivity index (χ1v) is 10.4. The van der Waals surface area contributed by atoms with Crippen LogP contribution in [0.4, 0.5) is 0 Å². The summed E-state index contributed by atoms with van der Waals surface area (Å²) in [5, 5.41) is 12.0. The molecule has 0 saturated carbocycles. The molecule has 0 radical (unpaired) electrons. The predicted octanol–water partition coefficient (Wildman–Crippen LogP) is 4.02. The predicted molar refractivity (Wildman–Crippen MR) is 108 cm³/mol. The molecule has 0 atom stereocenters. The molecule has 0 saturated heterocycles. The molecule has 0 unspecified atom stereocenters. The Labute approximate surface area is 162 Å². The summed E-state index contributed by atoms with van der Waals surface area (Å²) in [5.74, 6) is -1.13. The first-order valence-electron chi connectivity index (χ1n) is 8.59. The molecule has 144 valence electrons. The van der Waals surface area contributed by atoms with Gasteiger partial charge in [-0.2, -0.15) is 0 Å². The third-order valence-electron chi connectivity index (χ3n) is 4.18. The Kier molecular flexibility index (Phi) is 6.07. The number of nitrogens with zero attached hydrogens (tertiary/aromatic N) is 1. The largest absolute Gasteiger partial charge is 0.756 e. The van der Waals surface area contributed by atoms with Gasteiger partial charge in [-0.15, -0.1) is 0 Å². The minimum atomic E-state index is -4.56. The van der Waals surface area contributed by atoms with Crippen molar-refractivity contribution in [3.63, 3.8) is 0 Å². The van der Waals surface area contributed by atoms with Gasteiger partial charge in [0.15, 0.2) is 0 Å². The van der Waals surface area contributed by atoms with Crippen LogP contribution in [0.2, 0.25) is 0 Å². The normalized spacial score (nSPS) is 11.2. The maximum Gasteiger partial charge on any atom is 0.334 e. The molecule has 0 heterocycles. The van der Waals surface area contributed by atoms with E-state index >= 15 is 0 Å². The summed E-state index contributed by atoms with van der Waals surface area (Å²) in [6, 6.07) is 25.1. The maximum absolute atomic E-state index is 11.9. The van der Waals surface area contributed by atoms with Crippen LogP contribution in [0, 0.1) is 5.21 Å². The summed E-state index contributed by atoms with van der Waals surface area (Å²) in [5.41, 5.74) is 4.57. The summed E-state index contributed by atoms with van der Waals surface area (Å²) in [6.45, 7) is -0.273. The van der Waals surface area contributed by atoms with Gasteiger partial charge in [0.05, 0.1) is 0 Å². The van der Waals surface area contributed by atoms with Crippen molar-refractivity contribution in [3.05, 3.63) is 89.6 Å². The number of hydrogen-bond donors (Lipinski definition) is 2. The summed E-state index contributed by atoms with van der Waals surface area (Å²) in [6.07, 6.45) is -1.09. The molecule has 0 bridgehead atoms. The molecule has 2 N–H and O–H groups in total. The Balaban J connectivity index is 1.80. The van der Waals surface area contributed by atoms with Crippen molar-refractivity contribution in [3.8, 4) is 22.3 Å². The summed E-state index contributed by atoms with van der Waals surface area (Å²) in [7, 11) is -4.56. The molecule has 3 aromatic rings. The number of rotatable bonds is 6. The fourth-order valence-electron chi connectivity index (χ4n) is 2.87. The average molecular weight is 396 g/mol. The lowest BCUT2D eigenvalue weighted by atomic mass is 9.98. The molecule has 3 rings (SSSR count). The second-order valence-electron chi connectivity index (χ2n) is 6.40. The smallest absolute Gasteiger partial charge is 0.334 e. The van der Waals surface area contributed by atoms with Crippen LogP contribution in [0.1, 0.15) is 5.56 Å². The molecule has 0 spiro atoms. The van der Waals surface area contributed by atoms with Gasteiger partial charge < -0.3 is 20.1 Å². The van der Waals surface area contributed by atoms with Gasteiger partial charge in [-0.25, -0.2) is 0 Å². The zero-order valence-corrected chi connectivity index (χ0v) is 15.8. The zero-order chi connectivity index (χ0) is 20.1. The number of benzene rings is 3. The standard InChI is InChI=1S/C21H19NO5P/c23-21(15-28(25,26)27)22(24)14-16-6-4-9-18(12-16)20-11-5-10-19(13-20)17-7-2-1-3-8-17/h1-13H,14-15H2,(H2,25,26,27)/q-1. The van der Waals surface area contributed by atoms with Crippen LogP contribution in [-0.4, -0.2) is 26.9 Å². The molecule has 1 amide bonds.